The van der Waals surface area contributed by atoms with Gasteiger partial charge in [-0.3, -0.25) is 14.3 Å². The van der Waals surface area contributed by atoms with E-state index in [2.05, 4.69) is 103 Å². The highest BCUT2D eigenvalue weighted by atomic mass is 127. The van der Waals surface area contributed by atoms with E-state index in [1.807, 2.05) is 0 Å². The van der Waals surface area contributed by atoms with E-state index in [1.54, 1.807) is 0 Å². The van der Waals surface area contributed by atoms with Crippen molar-refractivity contribution in [3.05, 3.63) is 30.9 Å². The van der Waals surface area contributed by atoms with Crippen LogP contribution in [0.1, 0.15) is 64.3 Å². The molecule has 1 aliphatic heterocycles. The van der Waals surface area contributed by atoms with E-state index in [4.69, 9.17) is 4.74 Å². The number of rotatable bonds is 11. The van der Waals surface area contributed by atoms with Crippen molar-refractivity contribution >= 4 is 45.2 Å². The Balaban J connectivity index is 0.000000233. The number of hydrogen-bond donors (Lipinski definition) is 0. The number of aryl methyl sites for hydroxylation is 4. The van der Waals surface area contributed by atoms with Gasteiger partial charge in [-0.25, -0.2) is 0 Å². The third kappa shape index (κ3) is 10.1. The maximum absolute atomic E-state index is 5.35. The van der Waals surface area contributed by atoms with Gasteiger partial charge in [-0.1, -0.05) is 40.0 Å². The molecule has 0 spiro atoms. The molecule has 0 aromatic carbocycles. The van der Waals surface area contributed by atoms with E-state index in [0.29, 0.717) is 0 Å². The fourth-order valence-corrected chi connectivity index (χ4v) is 4.91. The third-order valence-corrected chi connectivity index (χ3v) is 7.06. The molecule has 0 bridgehead atoms. The Labute approximate surface area is 215 Å². The molecule has 0 radical (unpaired) electrons. The first-order valence-electron chi connectivity index (χ1n) is 11.8. The van der Waals surface area contributed by atoms with Crippen LogP contribution in [0.5, 0.6) is 0 Å². The van der Waals surface area contributed by atoms with Gasteiger partial charge >= 0.3 is 0 Å². The average Bonchev–Trinajstić information content (AvgIpc) is 3.30. The first-order valence-corrected chi connectivity index (χ1v) is 14.0. The maximum atomic E-state index is 5.35. The molecular weight excluding hydrogens is 616 g/mol. The molecule has 6 nitrogen and oxygen atoms in total. The summed E-state index contributed by atoms with van der Waals surface area (Å²) >= 11 is 4.76. The van der Waals surface area contributed by atoms with E-state index in [-0.39, 0.29) is 0 Å². The Kier molecular flexibility index (Phi) is 13.6. The molecule has 2 aromatic rings. The van der Waals surface area contributed by atoms with Gasteiger partial charge in [0, 0.05) is 45.1 Å². The molecule has 2 aromatic heterocycles. The van der Waals surface area contributed by atoms with Crippen molar-refractivity contribution in [1.29, 1.82) is 0 Å². The number of unbranched alkanes of at least 4 members (excludes halogenated alkanes) is 1. The fourth-order valence-electron chi connectivity index (χ4n) is 3.52. The molecule has 3 heterocycles. The molecule has 0 N–H and O–H groups in total. The van der Waals surface area contributed by atoms with Gasteiger partial charge in [-0.2, -0.15) is 10.2 Å². The maximum Gasteiger partial charge on any atom is 0.0757 e. The lowest BCUT2D eigenvalue weighted by atomic mass is 10.3. The minimum atomic E-state index is 0.889. The highest BCUT2D eigenvalue weighted by Gasteiger charge is 2.10. The van der Waals surface area contributed by atoms with E-state index < -0.39 is 0 Å². The van der Waals surface area contributed by atoms with Crippen LogP contribution >= 0.6 is 45.2 Å². The van der Waals surface area contributed by atoms with Gasteiger partial charge < -0.3 is 4.74 Å². The topological polar surface area (TPSA) is 48.1 Å². The second kappa shape index (κ2) is 15.6. The Bertz CT molecular complexity index is 740. The lowest BCUT2D eigenvalue weighted by Crippen LogP contribution is -2.37. The predicted molar refractivity (Wildman–Crippen MR) is 145 cm³/mol. The Morgan fingerprint density at radius 2 is 1.29 bits per heavy atom. The van der Waals surface area contributed by atoms with Crippen LogP contribution in [0, 0.1) is 7.14 Å². The molecule has 8 heteroatoms. The number of aromatic nitrogens is 4. The van der Waals surface area contributed by atoms with Crippen molar-refractivity contribution < 1.29 is 4.74 Å². The van der Waals surface area contributed by atoms with Crippen LogP contribution in [0.25, 0.3) is 0 Å². The molecule has 0 saturated carbocycles. The molecule has 0 atom stereocenters. The monoisotopic (exact) mass is 655 g/mol. The van der Waals surface area contributed by atoms with Crippen molar-refractivity contribution in [2.75, 3.05) is 32.8 Å². The largest absolute Gasteiger partial charge is 0.379 e. The second-order valence-electron chi connectivity index (χ2n) is 8.03. The molecule has 3 rings (SSSR count). The summed E-state index contributed by atoms with van der Waals surface area (Å²) in [5.41, 5.74) is 2.52. The smallest absolute Gasteiger partial charge is 0.0757 e. The van der Waals surface area contributed by atoms with E-state index in [9.17, 15) is 0 Å². The summed E-state index contributed by atoms with van der Waals surface area (Å²) in [6.07, 6.45) is 12.5. The van der Waals surface area contributed by atoms with Gasteiger partial charge in [-0.15, -0.1) is 0 Å². The summed E-state index contributed by atoms with van der Waals surface area (Å²) in [4.78, 5) is 2.48. The normalized spacial score (nSPS) is 14.5. The highest BCUT2D eigenvalue weighted by Crippen LogP contribution is 2.13. The molecule has 0 unspecified atom stereocenters. The zero-order chi connectivity index (χ0) is 22.5. The minimum Gasteiger partial charge on any atom is -0.379 e. The summed E-state index contributed by atoms with van der Waals surface area (Å²) in [5, 5.41) is 9.19. The van der Waals surface area contributed by atoms with E-state index in [0.717, 1.165) is 58.8 Å². The van der Waals surface area contributed by atoms with Crippen molar-refractivity contribution in [3.8, 4) is 0 Å². The number of ether oxygens (including phenoxy) is 1. The van der Waals surface area contributed by atoms with Gasteiger partial charge in [0.25, 0.3) is 0 Å². The van der Waals surface area contributed by atoms with Gasteiger partial charge in [0.2, 0.25) is 0 Å². The zero-order valence-electron chi connectivity index (χ0n) is 19.5. The number of halogens is 2. The molecule has 0 aliphatic carbocycles. The SMILES string of the molecule is CCCCn1cc(I)c(CCC)n1.CCCc1nn(CCCN2CCOCC2)cc1I. The summed E-state index contributed by atoms with van der Waals surface area (Å²) in [6.45, 7) is 13.8. The fraction of sp³-hybridized carbons (Fsp3) is 0.739. The Morgan fingerprint density at radius 3 is 1.77 bits per heavy atom. The van der Waals surface area contributed by atoms with Crippen molar-refractivity contribution in [2.45, 2.75) is 78.8 Å². The average molecular weight is 655 g/mol. The van der Waals surface area contributed by atoms with Crippen LogP contribution in [-0.4, -0.2) is 57.3 Å². The minimum absolute atomic E-state index is 0.889. The lowest BCUT2D eigenvalue weighted by Gasteiger charge is -2.26. The van der Waals surface area contributed by atoms with Crippen molar-refractivity contribution in [3.63, 3.8) is 0 Å². The van der Waals surface area contributed by atoms with Crippen LogP contribution in [0.2, 0.25) is 0 Å². The second-order valence-corrected chi connectivity index (χ2v) is 10.4. The summed E-state index contributed by atoms with van der Waals surface area (Å²) in [7, 11) is 0. The number of morpholine rings is 1. The first-order chi connectivity index (χ1) is 15.1. The quantitative estimate of drug-likeness (QED) is 0.305. The number of hydrogen-bond acceptors (Lipinski definition) is 4. The van der Waals surface area contributed by atoms with Gasteiger partial charge in [0.1, 0.15) is 0 Å². The van der Waals surface area contributed by atoms with Crippen molar-refractivity contribution in [1.82, 2.24) is 24.5 Å². The van der Waals surface area contributed by atoms with Crippen LogP contribution in [0.4, 0.5) is 0 Å². The van der Waals surface area contributed by atoms with Crippen molar-refractivity contribution in [2.24, 2.45) is 0 Å². The molecular formula is C23H39I2N5O. The lowest BCUT2D eigenvalue weighted by molar-refractivity contribution is 0.0368. The molecule has 31 heavy (non-hydrogen) atoms. The van der Waals surface area contributed by atoms with Crippen LogP contribution in [0.3, 0.4) is 0 Å². The van der Waals surface area contributed by atoms with Crippen LogP contribution in [0.15, 0.2) is 12.4 Å². The molecule has 176 valence electrons. The molecule has 1 aliphatic rings. The Morgan fingerprint density at radius 1 is 0.774 bits per heavy atom. The molecule has 0 amide bonds. The summed E-state index contributed by atoms with van der Waals surface area (Å²) in [5.74, 6) is 0. The molecule has 1 fully saturated rings. The summed E-state index contributed by atoms with van der Waals surface area (Å²) in [6, 6.07) is 0. The Hall–Kier alpha value is -0.200. The number of nitrogens with zero attached hydrogens (tertiary/aromatic N) is 5. The highest BCUT2D eigenvalue weighted by molar-refractivity contribution is 14.1. The van der Waals surface area contributed by atoms with Gasteiger partial charge in [-0.05, 0) is 70.9 Å². The van der Waals surface area contributed by atoms with Crippen LogP contribution in [-0.2, 0) is 30.7 Å². The predicted octanol–water partition coefficient (Wildman–Crippen LogP) is 5.40. The van der Waals surface area contributed by atoms with E-state index >= 15 is 0 Å². The first kappa shape index (κ1) is 27.0. The van der Waals surface area contributed by atoms with E-state index in [1.165, 1.54) is 50.6 Å². The van der Waals surface area contributed by atoms with Gasteiger partial charge in [0.05, 0.1) is 31.7 Å². The summed E-state index contributed by atoms with van der Waals surface area (Å²) < 4.78 is 12.2. The zero-order valence-corrected chi connectivity index (χ0v) is 23.8. The van der Waals surface area contributed by atoms with Crippen LogP contribution < -0.4 is 0 Å². The molecule has 1 saturated heterocycles. The third-order valence-electron chi connectivity index (χ3n) is 5.25. The van der Waals surface area contributed by atoms with Gasteiger partial charge in [0.15, 0.2) is 0 Å². The standard InChI is InChI=1S/C13H22IN3O.C10H17IN2/c1-2-4-13-12(14)11-17(15-13)6-3-5-16-7-9-18-10-8-16;1-3-5-7-13-8-9(11)10(12-13)6-4-2/h11H,2-10H2,1H3;8H,3-7H2,1-2H3.